The van der Waals surface area contributed by atoms with E-state index in [0.29, 0.717) is 17.9 Å². The first-order chi connectivity index (χ1) is 8.61. The number of rotatable bonds is 3. The van der Waals surface area contributed by atoms with Crippen LogP contribution in [0.4, 0.5) is 4.39 Å². The number of halogens is 1. The van der Waals surface area contributed by atoms with Crippen LogP contribution in [0.25, 0.3) is 5.69 Å². The van der Waals surface area contributed by atoms with Gasteiger partial charge >= 0.3 is 5.97 Å². The fourth-order valence-corrected chi connectivity index (χ4v) is 1.52. The molecule has 1 aromatic carbocycles. The van der Waals surface area contributed by atoms with Crippen molar-refractivity contribution in [2.24, 2.45) is 0 Å². The van der Waals surface area contributed by atoms with Gasteiger partial charge in [-0.3, -0.25) is 0 Å². The molecule has 0 saturated carbocycles. The molecular formula is C13H13FN2O2. The van der Waals surface area contributed by atoms with Gasteiger partial charge in [-0.1, -0.05) is 6.07 Å². The first-order valence-electron chi connectivity index (χ1n) is 5.59. The summed E-state index contributed by atoms with van der Waals surface area (Å²) in [7, 11) is 0. The molecule has 2 aromatic rings. The second-order valence-electron chi connectivity index (χ2n) is 3.82. The Morgan fingerprint density at radius 3 is 2.94 bits per heavy atom. The summed E-state index contributed by atoms with van der Waals surface area (Å²) < 4.78 is 19.8. The van der Waals surface area contributed by atoms with Crippen molar-refractivity contribution in [1.82, 2.24) is 9.55 Å². The van der Waals surface area contributed by atoms with E-state index < -0.39 is 5.97 Å². The maximum Gasteiger partial charge on any atom is 0.358 e. The number of hydrogen-bond acceptors (Lipinski definition) is 3. The lowest BCUT2D eigenvalue weighted by Gasteiger charge is -2.03. The molecule has 0 unspecified atom stereocenters. The highest BCUT2D eigenvalue weighted by molar-refractivity contribution is 5.87. The molecule has 1 heterocycles. The summed E-state index contributed by atoms with van der Waals surface area (Å²) in [5.41, 5.74) is 1.39. The molecule has 0 aliphatic carbocycles. The molecule has 0 bridgehead atoms. The average Bonchev–Trinajstić information content (AvgIpc) is 2.82. The van der Waals surface area contributed by atoms with Crippen LogP contribution in [0, 0.1) is 12.7 Å². The average molecular weight is 248 g/mol. The Labute approximate surface area is 104 Å². The summed E-state index contributed by atoms with van der Waals surface area (Å²) in [5.74, 6) is -0.775. The van der Waals surface area contributed by atoms with Gasteiger partial charge in [0, 0.05) is 11.9 Å². The molecule has 0 aliphatic rings. The summed E-state index contributed by atoms with van der Waals surface area (Å²) in [4.78, 5) is 15.4. The molecule has 0 spiro atoms. The fraction of sp³-hybridized carbons (Fsp3) is 0.231. The smallest absolute Gasteiger partial charge is 0.358 e. The number of aryl methyl sites for hydroxylation is 1. The zero-order chi connectivity index (χ0) is 13.1. The second-order valence-corrected chi connectivity index (χ2v) is 3.82. The Morgan fingerprint density at radius 1 is 1.50 bits per heavy atom. The van der Waals surface area contributed by atoms with Crippen molar-refractivity contribution in [3.05, 3.63) is 47.8 Å². The van der Waals surface area contributed by atoms with Gasteiger partial charge in [-0.2, -0.15) is 0 Å². The summed E-state index contributed by atoms with van der Waals surface area (Å²) >= 11 is 0. The number of carbonyl (C=O) groups excluding carboxylic acids is 1. The normalized spacial score (nSPS) is 10.4. The number of carbonyl (C=O) groups is 1. The molecular weight excluding hydrogens is 235 g/mol. The largest absolute Gasteiger partial charge is 0.461 e. The fourth-order valence-electron chi connectivity index (χ4n) is 1.52. The van der Waals surface area contributed by atoms with Crippen LogP contribution in [0.3, 0.4) is 0 Å². The Hall–Kier alpha value is -2.17. The molecule has 4 nitrogen and oxygen atoms in total. The van der Waals surface area contributed by atoms with E-state index in [1.807, 2.05) is 0 Å². The number of hydrogen-bond donors (Lipinski definition) is 0. The third-order valence-corrected chi connectivity index (χ3v) is 2.52. The summed E-state index contributed by atoms with van der Waals surface area (Å²) in [6.07, 6.45) is 2.97. The maximum absolute atomic E-state index is 13.4. The lowest BCUT2D eigenvalue weighted by molar-refractivity contribution is 0.0520. The Morgan fingerprint density at radius 2 is 2.28 bits per heavy atom. The lowest BCUT2D eigenvalue weighted by atomic mass is 10.2. The third-order valence-electron chi connectivity index (χ3n) is 2.52. The van der Waals surface area contributed by atoms with Crippen LogP contribution in [0.15, 0.2) is 30.7 Å². The van der Waals surface area contributed by atoms with Crippen molar-refractivity contribution in [2.45, 2.75) is 13.8 Å². The van der Waals surface area contributed by atoms with Crippen LogP contribution in [-0.2, 0) is 4.74 Å². The van der Waals surface area contributed by atoms with E-state index in [9.17, 15) is 9.18 Å². The van der Waals surface area contributed by atoms with Gasteiger partial charge < -0.3 is 9.30 Å². The molecule has 0 N–H and O–H groups in total. The quantitative estimate of drug-likeness (QED) is 0.784. The topological polar surface area (TPSA) is 44.1 Å². The minimum Gasteiger partial charge on any atom is -0.461 e. The number of nitrogens with zero attached hydrogens (tertiary/aromatic N) is 2. The Balaban J connectivity index is 2.29. The van der Waals surface area contributed by atoms with Crippen molar-refractivity contribution in [3.63, 3.8) is 0 Å². The van der Waals surface area contributed by atoms with Gasteiger partial charge in [-0.25, -0.2) is 14.2 Å². The maximum atomic E-state index is 13.4. The molecule has 0 atom stereocenters. The minimum absolute atomic E-state index is 0.206. The van der Waals surface area contributed by atoms with Gasteiger partial charge in [0.15, 0.2) is 5.69 Å². The van der Waals surface area contributed by atoms with E-state index in [1.54, 1.807) is 30.5 Å². The van der Waals surface area contributed by atoms with Crippen LogP contribution in [-0.4, -0.2) is 22.1 Å². The van der Waals surface area contributed by atoms with Crippen LogP contribution < -0.4 is 0 Å². The minimum atomic E-state index is -0.483. The first-order valence-corrected chi connectivity index (χ1v) is 5.59. The lowest BCUT2D eigenvalue weighted by Crippen LogP contribution is -2.04. The first kappa shape index (κ1) is 12.3. The van der Waals surface area contributed by atoms with E-state index in [-0.39, 0.29) is 11.5 Å². The van der Waals surface area contributed by atoms with Gasteiger partial charge in [-0.15, -0.1) is 0 Å². The number of imidazole rings is 1. The molecule has 0 saturated heterocycles. The third kappa shape index (κ3) is 2.40. The summed E-state index contributed by atoms with van der Waals surface area (Å²) in [6.45, 7) is 3.71. The highest BCUT2D eigenvalue weighted by Gasteiger charge is 2.11. The van der Waals surface area contributed by atoms with Crippen LogP contribution in [0.2, 0.25) is 0 Å². The molecule has 18 heavy (non-hydrogen) atoms. The molecule has 5 heteroatoms. The van der Waals surface area contributed by atoms with E-state index in [4.69, 9.17) is 4.74 Å². The van der Waals surface area contributed by atoms with Crippen LogP contribution in [0.1, 0.15) is 23.0 Å². The standard InChI is InChI=1S/C13H13FN2O2/c1-3-18-13(17)12-7-16(8-15-12)10-5-4-9(2)11(14)6-10/h4-8H,3H2,1-2H3. The summed E-state index contributed by atoms with van der Waals surface area (Å²) in [5, 5.41) is 0. The zero-order valence-electron chi connectivity index (χ0n) is 10.2. The highest BCUT2D eigenvalue weighted by Crippen LogP contribution is 2.14. The number of aromatic nitrogens is 2. The Kier molecular flexibility index (Phi) is 3.41. The monoisotopic (exact) mass is 248 g/mol. The SMILES string of the molecule is CCOC(=O)c1cn(-c2ccc(C)c(F)c2)cn1. The van der Waals surface area contributed by atoms with Gasteiger partial charge in [-0.05, 0) is 31.5 Å². The zero-order valence-corrected chi connectivity index (χ0v) is 10.2. The molecule has 0 fully saturated rings. The van der Waals surface area contributed by atoms with Crippen molar-refractivity contribution >= 4 is 5.97 Å². The molecule has 1 aromatic heterocycles. The predicted octanol–water partition coefficient (Wildman–Crippen LogP) is 2.50. The Bertz CT molecular complexity index is 578. The van der Waals surface area contributed by atoms with Crippen molar-refractivity contribution in [2.75, 3.05) is 6.61 Å². The van der Waals surface area contributed by atoms with E-state index in [0.717, 1.165) is 0 Å². The molecule has 0 radical (unpaired) electrons. The van der Waals surface area contributed by atoms with Gasteiger partial charge in [0.05, 0.1) is 6.61 Å². The second kappa shape index (κ2) is 5.00. The van der Waals surface area contributed by atoms with E-state index in [1.165, 1.54) is 18.6 Å². The molecule has 0 amide bonds. The molecule has 0 aliphatic heterocycles. The summed E-state index contributed by atoms with van der Waals surface area (Å²) in [6, 6.07) is 4.83. The molecule has 94 valence electrons. The van der Waals surface area contributed by atoms with E-state index >= 15 is 0 Å². The van der Waals surface area contributed by atoms with Crippen LogP contribution in [0.5, 0.6) is 0 Å². The van der Waals surface area contributed by atoms with Crippen LogP contribution >= 0.6 is 0 Å². The van der Waals surface area contributed by atoms with Gasteiger partial charge in [0.1, 0.15) is 12.1 Å². The van der Waals surface area contributed by atoms with Gasteiger partial charge in [0.25, 0.3) is 0 Å². The number of benzene rings is 1. The number of esters is 1. The predicted molar refractivity (Wildman–Crippen MR) is 64.2 cm³/mol. The van der Waals surface area contributed by atoms with E-state index in [2.05, 4.69) is 4.98 Å². The molecule has 2 rings (SSSR count). The van der Waals surface area contributed by atoms with Crippen molar-refractivity contribution in [3.8, 4) is 5.69 Å². The number of ether oxygens (including phenoxy) is 1. The van der Waals surface area contributed by atoms with Crippen molar-refractivity contribution < 1.29 is 13.9 Å². The highest BCUT2D eigenvalue weighted by atomic mass is 19.1. The van der Waals surface area contributed by atoms with Crippen molar-refractivity contribution in [1.29, 1.82) is 0 Å². The van der Waals surface area contributed by atoms with Gasteiger partial charge in [0.2, 0.25) is 0 Å².